The summed E-state index contributed by atoms with van der Waals surface area (Å²) in [7, 11) is 0. The van der Waals surface area contributed by atoms with Gasteiger partial charge < -0.3 is 39.6 Å². The predicted octanol–water partition coefficient (Wildman–Crippen LogP) is -2.52. The maximum absolute atomic E-state index is 11.1. The van der Waals surface area contributed by atoms with Crippen LogP contribution in [-0.4, -0.2) is 74.8 Å². The van der Waals surface area contributed by atoms with Gasteiger partial charge in [-0.05, 0) is 47.5 Å². The van der Waals surface area contributed by atoms with E-state index in [1.54, 1.807) is 36.4 Å². The van der Waals surface area contributed by atoms with Crippen molar-refractivity contribution >= 4 is 23.9 Å². The van der Waals surface area contributed by atoms with E-state index in [2.05, 4.69) is 9.97 Å². The third-order valence-corrected chi connectivity index (χ3v) is 6.25. The Bertz CT molecular complexity index is 1540. The Balaban J connectivity index is 0.00000552. The molecular formula is C31H25EuN5O8-. The van der Waals surface area contributed by atoms with Gasteiger partial charge in [0.25, 0.3) is 0 Å². The molecule has 0 radical (unpaired) electrons. The number of carboxylic acids is 4. The first-order valence-corrected chi connectivity index (χ1v) is 13.3. The molecule has 0 unspecified atom stereocenters. The van der Waals surface area contributed by atoms with Crippen molar-refractivity contribution in [2.24, 2.45) is 0 Å². The average molecular weight is 748 g/mol. The minimum Gasteiger partial charge on any atom is -0.549 e. The summed E-state index contributed by atoms with van der Waals surface area (Å²) in [5.41, 5.74) is 4.15. The Hall–Kier alpha value is -3.95. The van der Waals surface area contributed by atoms with Gasteiger partial charge in [-0.3, -0.25) is 9.80 Å². The summed E-state index contributed by atoms with van der Waals surface area (Å²) in [6, 6.07) is 23.1. The molecule has 3 heterocycles. The van der Waals surface area contributed by atoms with Gasteiger partial charge >= 0.3 is 49.4 Å². The van der Waals surface area contributed by atoms with E-state index < -0.39 is 50.1 Å². The second-order valence-electron chi connectivity index (χ2n) is 9.80. The van der Waals surface area contributed by atoms with Gasteiger partial charge in [0.15, 0.2) is 0 Å². The quantitative estimate of drug-likeness (QED) is 0.123. The Morgan fingerprint density at radius 1 is 0.489 bits per heavy atom. The van der Waals surface area contributed by atoms with E-state index in [0.717, 1.165) is 20.9 Å². The van der Waals surface area contributed by atoms with Crippen LogP contribution in [0.15, 0.2) is 78.9 Å². The first-order chi connectivity index (χ1) is 21.0. The third kappa shape index (κ3) is 11.2. The number of nitrogens with zero attached hydrogens (tertiary/aromatic N) is 5. The first kappa shape index (κ1) is 35.5. The molecule has 0 atom stereocenters. The van der Waals surface area contributed by atoms with Gasteiger partial charge in [-0.2, -0.15) is 0 Å². The van der Waals surface area contributed by atoms with Crippen molar-refractivity contribution in [1.29, 1.82) is 0 Å². The number of hydrogen-bond acceptors (Lipinski definition) is 13. The van der Waals surface area contributed by atoms with E-state index >= 15 is 0 Å². The minimum absolute atomic E-state index is 0. The Kier molecular flexibility index (Phi) is 13.4. The number of carboxylic acid groups (broad SMARTS) is 4. The summed E-state index contributed by atoms with van der Waals surface area (Å²) in [6.07, 6.45) is 0. The number of benzene rings is 1. The maximum Gasteiger partial charge on any atom is 3.00 e. The Labute approximate surface area is 298 Å². The van der Waals surface area contributed by atoms with E-state index in [1.807, 2.05) is 42.5 Å². The molecule has 0 saturated heterocycles. The number of pyridine rings is 3. The summed E-state index contributed by atoms with van der Waals surface area (Å²) in [5.74, 6) is -5.77. The van der Waals surface area contributed by atoms with E-state index in [-0.39, 0.29) is 62.5 Å². The molecule has 0 spiro atoms. The van der Waals surface area contributed by atoms with Crippen molar-refractivity contribution in [3.8, 4) is 33.9 Å². The van der Waals surface area contributed by atoms with Crippen LogP contribution in [0.1, 0.15) is 11.4 Å². The standard InChI is InChI=1S/C31H29N5O8.Eu/c37-28(38)16-35(17-29(39)40)14-22-8-4-10-24(32-22)26-12-21(20-6-2-1-3-7-20)13-27(34-26)25-11-5-9-23(33-25)15-36(18-30(41)42)19-31(43)44;/h1-13H,14-19H2,(H,37,38)(H,39,40)(H,41,42)(H,43,44);/q;+3/p-4. The van der Waals surface area contributed by atoms with Gasteiger partial charge in [0.05, 0.1) is 58.0 Å². The Morgan fingerprint density at radius 2 is 0.889 bits per heavy atom. The van der Waals surface area contributed by atoms with Crippen LogP contribution in [0.4, 0.5) is 0 Å². The SMILES string of the molecule is O=C([O-])CN(CC(=O)[O-])Cc1cccc(-c2cc(-c3ccccc3)cc(-c3cccc(CN(CC(=O)[O-])CC(=O)[O-])n3)n2)n1.[Eu+3]. The number of rotatable bonds is 15. The van der Waals surface area contributed by atoms with E-state index in [9.17, 15) is 39.6 Å². The molecular weight excluding hydrogens is 722 g/mol. The van der Waals surface area contributed by atoms with Crippen molar-refractivity contribution in [1.82, 2.24) is 24.8 Å². The molecule has 3 aromatic heterocycles. The molecule has 14 heteroatoms. The molecule has 13 nitrogen and oxygen atoms in total. The van der Waals surface area contributed by atoms with Gasteiger partial charge in [0.2, 0.25) is 0 Å². The number of aliphatic carboxylic acids is 4. The van der Waals surface area contributed by atoms with Crippen LogP contribution in [0.5, 0.6) is 0 Å². The zero-order valence-corrected chi connectivity index (χ0v) is 26.1. The van der Waals surface area contributed by atoms with Crippen molar-refractivity contribution < 1.29 is 89.0 Å². The van der Waals surface area contributed by atoms with Crippen LogP contribution in [0.3, 0.4) is 0 Å². The normalized spacial score (nSPS) is 10.8. The number of carbonyl (C=O) groups is 4. The molecule has 0 amide bonds. The molecule has 45 heavy (non-hydrogen) atoms. The molecule has 4 rings (SSSR count). The number of aromatic nitrogens is 3. The van der Waals surface area contributed by atoms with E-state index in [4.69, 9.17) is 4.98 Å². The first-order valence-electron chi connectivity index (χ1n) is 13.3. The van der Waals surface area contributed by atoms with E-state index in [0.29, 0.717) is 34.2 Å². The van der Waals surface area contributed by atoms with Crippen LogP contribution in [-0.2, 0) is 32.3 Å². The molecule has 0 fully saturated rings. The molecule has 1 aromatic carbocycles. The maximum atomic E-state index is 11.1. The average Bonchev–Trinajstić information content (AvgIpc) is 2.96. The summed E-state index contributed by atoms with van der Waals surface area (Å²) in [6.45, 7) is -2.71. The minimum atomic E-state index is -1.44. The van der Waals surface area contributed by atoms with Crippen molar-refractivity contribution in [2.75, 3.05) is 26.2 Å². The van der Waals surface area contributed by atoms with Crippen LogP contribution in [0, 0.1) is 49.4 Å². The Morgan fingerprint density at radius 3 is 1.27 bits per heavy atom. The second-order valence-corrected chi connectivity index (χ2v) is 9.80. The fourth-order valence-corrected chi connectivity index (χ4v) is 4.53. The van der Waals surface area contributed by atoms with Crippen molar-refractivity contribution in [3.63, 3.8) is 0 Å². The number of carbonyl (C=O) groups excluding carboxylic acids is 4. The molecule has 0 saturated carbocycles. The van der Waals surface area contributed by atoms with Crippen LogP contribution >= 0.6 is 0 Å². The van der Waals surface area contributed by atoms with Gasteiger partial charge in [0.1, 0.15) is 0 Å². The van der Waals surface area contributed by atoms with E-state index in [1.165, 1.54) is 0 Å². The van der Waals surface area contributed by atoms with Gasteiger partial charge in [-0.15, -0.1) is 0 Å². The summed E-state index contributed by atoms with van der Waals surface area (Å²) in [5, 5.41) is 44.5. The van der Waals surface area contributed by atoms with Gasteiger partial charge in [0, 0.05) is 39.3 Å². The molecule has 0 aliphatic carbocycles. The molecule has 0 N–H and O–H groups in total. The largest absolute Gasteiger partial charge is 3.00 e. The van der Waals surface area contributed by atoms with Crippen LogP contribution in [0.2, 0.25) is 0 Å². The zero-order chi connectivity index (χ0) is 31.6. The van der Waals surface area contributed by atoms with Crippen molar-refractivity contribution in [3.05, 3.63) is 90.3 Å². The van der Waals surface area contributed by atoms with Crippen LogP contribution < -0.4 is 20.4 Å². The fraction of sp³-hybridized carbons (Fsp3) is 0.194. The molecule has 0 bridgehead atoms. The molecule has 4 aromatic rings. The number of hydrogen-bond donors (Lipinski definition) is 0. The predicted molar refractivity (Wildman–Crippen MR) is 147 cm³/mol. The summed E-state index contributed by atoms with van der Waals surface area (Å²) in [4.78, 5) is 60.7. The molecule has 0 aliphatic rings. The monoisotopic (exact) mass is 748 g/mol. The zero-order valence-electron chi connectivity index (χ0n) is 23.6. The third-order valence-electron chi connectivity index (χ3n) is 6.25. The van der Waals surface area contributed by atoms with Crippen molar-refractivity contribution in [2.45, 2.75) is 13.1 Å². The van der Waals surface area contributed by atoms with Crippen LogP contribution in [0.25, 0.3) is 33.9 Å². The summed E-state index contributed by atoms with van der Waals surface area (Å²) < 4.78 is 0. The fourth-order valence-electron chi connectivity index (χ4n) is 4.53. The van der Waals surface area contributed by atoms with Gasteiger partial charge in [-0.1, -0.05) is 42.5 Å². The molecule has 230 valence electrons. The topological polar surface area (TPSA) is 206 Å². The molecule has 0 aliphatic heterocycles. The smallest absolute Gasteiger partial charge is 0.549 e. The second kappa shape index (κ2) is 16.9. The summed E-state index contributed by atoms with van der Waals surface area (Å²) >= 11 is 0. The van der Waals surface area contributed by atoms with Gasteiger partial charge in [-0.25, -0.2) is 15.0 Å².